The van der Waals surface area contributed by atoms with Crippen LogP contribution in [0.2, 0.25) is 5.02 Å². The van der Waals surface area contributed by atoms with Crippen LogP contribution in [0.5, 0.6) is 5.88 Å². The van der Waals surface area contributed by atoms with Crippen molar-refractivity contribution in [3.8, 4) is 17.3 Å². The van der Waals surface area contributed by atoms with E-state index in [1.54, 1.807) is 18.2 Å². The molecule has 180 valence electrons. The summed E-state index contributed by atoms with van der Waals surface area (Å²) in [6, 6.07) is 23.0. The number of ether oxygens (including phenoxy) is 3. The standard InChI is InChI=1S/C28H27ClN2O4/c1-19-13-15-20(16-14-19)26-30-24-12-6-4-10-22(24)27(31-26)35-18-8-7-17-34-25(28(32)33-2)21-9-3-5-11-23(21)29/h3-6,9-16,25H,7-8,17-18H2,1-2H3. The van der Waals surface area contributed by atoms with Crippen LogP contribution in [0.15, 0.2) is 72.8 Å². The zero-order valence-electron chi connectivity index (χ0n) is 19.7. The van der Waals surface area contributed by atoms with E-state index in [1.807, 2.05) is 61.5 Å². The number of hydrogen-bond donors (Lipinski definition) is 0. The molecule has 0 bridgehead atoms. The number of rotatable bonds is 10. The van der Waals surface area contributed by atoms with Gasteiger partial charge in [-0.2, -0.15) is 4.98 Å². The molecule has 0 saturated carbocycles. The monoisotopic (exact) mass is 490 g/mol. The van der Waals surface area contributed by atoms with Gasteiger partial charge in [0.15, 0.2) is 11.9 Å². The summed E-state index contributed by atoms with van der Waals surface area (Å²) in [6.07, 6.45) is 0.540. The van der Waals surface area contributed by atoms with Crippen molar-refractivity contribution < 1.29 is 19.0 Å². The van der Waals surface area contributed by atoms with Gasteiger partial charge in [0.1, 0.15) is 0 Å². The van der Waals surface area contributed by atoms with Gasteiger partial charge >= 0.3 is 5.97 Å². The average molecular weight is 491 g/mol. The molecule has 7 heteroatoms. The summed E-state index contributed by atoms with van der Waals surface area (Å²) in [6.45, 7) is 2.85. The summed E-state index contributed by atoms with van der Waals surface area (Å²) >= 11 is 6.24. The second-order valence-electron chi connectivity index (χ2n) is 8.09. The molecular weight excluding hydrogens is 464 g/mol. The maximum Gasteiger partial charge on any atom is 0.339 e. The lowest BCUT2D eigenvalue weighted by Crippen LogP contribution is -2.19. The molecule has 1 atom stereocenters. The average Bonchev–Trinajstić information content (AvgIpc) is 2.88. The summed E-state index contributed by atoms with van der Waals surface area (Å²) in [4.78, 5) is 21.6. The Bertz CT molecular complexity index is 1290. The minimum Gasteiger partial charge on any atom is -0.477 e. The molecule has 0 aliphatic carbocycles. The predicted octanol–water partition coefficient (Wildman–Crippen LogP) is 6.35. The third-order valence-electron chi connectivity index (χ3n) is 5.54. The Balaban J connectivity index is 1.38. The topological polar surface area (TPSA) is 70.5 Å². The van der Waals surface area contributed by atoms with E-state index in [0.717, 1.165) is 16.5 Å². The first-order chi connectivity index (χ1) is 17.1. The van der Waals surface area contributed by atoms with Gasteiger partial charge in [0.2, 0.25) is 5.88 Å². The van der Waals surface area contributed by atoms with Crippen molar-refractivity contribution in [2.75, 3.05) is 20.3 Å². The van der Waals surface area contributed by atoms with Gasteiger partial charge in [0, 0.05) is 22.8 Å². The molecule has 0 aliphatic heterocycles. The molecule has 1 heterocycles. The molecule has 35 heavy (non-hydrogen) atoms. The lowest BCUT2D eigenvalue weighted by atomic mass is 10.1. The summed E-state index contributed by atoms with van der Waals surface area (Å²) in [7, 11) is 1.33. The van der Waals surface area contributed by atoms with Crippen molar-refractivity contribution >= 4 is 28.5 Å². The summed E-state index contributed by atoms with van der Waals surface area (Å²) in [5.41, 5.74) is 3.54. The fourth-order valence-electron chi connectivity index (χ4n) is 3.64. The van der Waals surface area contributed by atoms with Crippen molar-refractivity contribution in [1.29, 1.82) is 0 Å². The molecule has 3 aromatic carbocycles. The highest BCUT2D eigenvalue weighted by molar-refractivity contribution is 6.31. The highest BCUT2D eigenvalue weighted by Gasteiger charge is 2.24. The maximum absolute atomic E-state index is 12.2. The van der Waals surface area contributed by atoms with E-state index in [9.17, 15) is 4.79 Å². The molecule has 0 N–H and O–H groups in total. The molecule has 0 fully saturated rings. The zero-order valence-corrected chi connectivity index (χ0v) is 20.5. The van der Waals surface area contributed by atoms with Crippen LogP contribution < -0.4 is 4.74 Å². The van der Waals surface area contributed by atoms with Crippen LogP contribution in [0.25, 0.3) is 22.3 Å². The third-order valence-corrected chi connectivity index (χ3v) is 5.89. The van der Waals surface area contributed by atoms with E-state index < -0.39 is 12.1 Å². The number of benzene rings is 3. The van der Waals surface area contributed by atoms with Gasteiger partial charge in [-0.3, -0.25) is 0 Å². The van der Waals surface area contributed by atoms with Crippen molar-refractivity contribution in [2.24, 2.45) is 0 Å². The number of unbranched alkanes of at least 4 members (excludes halogenated alkanes) is 1. The number of carbonyl (C=O) groups excluding carboxylic acids is 1. The van der Waals surface area contributed by atoms with Gasteiger partial charge in [-0.25, -0.2) is 9.78 Å². The highest BCUT2D eigenvalue weighted by atomic mass is 35.5. The largest absolute Gasteiger partial charge is 0.477 e. The minimum atomic E-state index is -0.863. The van der Waals surface area contributed by atoms with Crippen molar-refractivity contribution in [3.05, 3.63) is 88.9 Å². The second-order valence-corrected chi connectivity index (χ2v) is 8.49. The number of hydrogen-bond acceptors (Lipinski definition) is 6. The highest BCUT2D eigenvalue weighted by Crippen LogP contribution is 2.28. The molecule has 0 amide bonds. The van der Waals surface area contributed by atoms with Gasteiger partial charge in [-0.05, 0) is 38.0 Å². The fourth-order valence-corrected chi connectivity index (χ4v) is 3.88. The van der Waals surface area contributed by atoms with Crippen molar-refractivity contribution in [3.63, 3.8) is 0 Å². The Labute approximate surface area is 209 Å². The fraction of sp³-hybridized carbons (Fsp3) is 0.250. The van der Waals surface area contributed by atoms with Crippen molar-refractivity contribution in [1.82, 2.24) is 9.97 Å². The second kappa shape index (κ2) is 11.8. The van der Waals surface area contributed by atoms with Crippen LogP contribution in [0, 0.1) is 6.92 Å². The SMILES string of the molecule is COC(=O)C(OCCCCOc1nc(-c2ccc(C)cc2)nc2ccccc12)c1ccccc1Cl. The Hall–Kier alpha value is -3.48. The van der Waals surface area contributed by atoms with Gasteiger partial charge in [-0.15, -0.1) is 0 Å². The summed E-state index contributed by atoms with van der Waals surface area (Å²) < 4.78 is 16.8. The predicted molar refractivity (Wildman–Crippen MR) is 137 cm³/mol. The van der Waals surface area contributed by atoms with Gasteiger partial charge in [0.05, 0.1) is 24.6 Å². The molecule has 4 rings (SSSR count). The van der Waals surface area contributed by atoms with E-state index in [0.29, 0.717) is 48.3 Å². The minimum absolute atomic E-state index is 0.355. The van der Waals surface area contributed by atoms with Crippen molar-refractivity contribution in [2.45, 2.75) is 25.9 Å². The van der Waals surface area contributed by atoms with Crippen LogP contribution in [-0.4, -0.2) is 36.3 Å². The van der Waals surface area contributed by atoms with E-state index in [1.165, 1.54) is 12.7 Å². The molecule has 1 unspecified atom stereocenters. The van der Waals surface area contributed by atoms with Crippen LogP contribution >= 0.6 is 11.6 Å². The first kappa shape index (κ1) is 24.6. The van der Waals surface area contributed by atoms with E-state index in [-0.39, 0.29) is 0 Å². The zero-order chi connectivity index (χ0) is 24.6. The van der Waals surface area contributed by atoms with Crippen LogP contribution in [0.3, 0.4) is 0 Å². The lowest BCUT2D eigenvalue weighted by Gasteiger charge is -2.17. The number of aryl methyl sites for hydroxylation is 1. The van der Waals surface area contributed by atoms with Gasteiger partial charge < -0.3 is 14.2 Å². The molecule has 0 saturated heterocycles. The number of para-hydroxylation sites is 1. The number of esters is 1. The lowest BCUT2D eigenvalue weighted by molar-refractivity contribution is -0.154. The Kier molecular flexibility index (Phi) is 8.29. The van der Waals surface area contributed by atoms with Gasteiger partial charge in [-0.1, -0.05) is 71.8 Å². The molecular formula is C28H27ClN2O4. The number of methoxy groups -OCH3 is 1. The van der Waals surface area contributed by atoms with E-state index in [2.05, 4.69) is 0 Å². The first-order valence-corrected chi connectivity index (χ1v) is 11.8. The van der Waals surface area contributed by atoms with Crippen LogP contribution in [0.1, 0.15) is 30.1 Å². The number of fused-ring (bicyclic) bond motifs is 1. The maximum atomic E-state index is 12.2. The number of aromatic nitrogens is 2. The molecule has 4 aromatic rings. The summed E-state index contributed by atoms with van der Waals surface area (Å²) in [5, 5.41) is 1.33. The van der Waals surface area contributed by atoms with E-state index in [4.69, 9.17) is 35.8 Å². The molecule has 6 nitrogen and oxygen atoms in total. The summed E-state index contributed by atoms with van der Waals surface area (Å²) in [5.74, 6) is 0.698. The van der Waals surface area contributed by atoms with E-state index >= 15 is 0 Å². The Morgan fingerprint density at radius 1 is 0.914 bits per heavy atom. The quantitative estimate of drug-likeness (QED) is 0.190. The molecule has 0 aliphatic rings. The molecule has 1 aromatic heterocycles. The smallest absolute Gasteiger partial charge is 0.339 e. The Morgan fingerprint density at radius 2 is 1.63 bits per heavy atom. The normalized spacial score (nSPS) is 11.9. The number of carbonyl (C=O) groups is 1. The third kappa shape index (κ3) is 6.15. The molecule has 0 spiro atoms. The first-order valence-electron chi connectivity index (χ1n) is 11.5. The Morgan fingerprint density at radius 3 is 2.40 bits per heavy atom. The van der Waals surface area contributed by atoms with Crippen LogP contribution in [-0.2, 0) is 14.3 Å². The molecule has 0 radical (unpaired) electrons. The van der Waals surface area contributed by atoms with Gasteiger partial charge in [0.25, 0.3) is 0 Å². The van der Waals surface area contributed by atoms with Crippen LogP contribution in [0.4, 0.5) is 0 Å². The number of halogens is 1. The number of nitrogens with zero attached hydrogens (tertiary/aromatic N) is 2.